The molecule has 0 saturated heterocycles. The highest BCUT2D eigenvalue weighted by Gasteiger charge is 2.13. The highest BCUT2D eigenvalue weighted by atomic mass is 32.2. The van der Waals surface area contributed by atoms with Gasteiger partial charge < -0.3 is 10.5 Å². The van der Waals surface area contributed by atoms with Crippen molar-refractivity contribution in [2.24, 2.45) is 0 Å². The van der Waals surface area contributed by atoms with Crippen LogP contribution in [0.15, 0.2) is 0 Å². The van der Waals surface area contributed by atoms with Crippen LogP contribution in [0.25, 0.3) is 0 Å². The van der Waals surface area contributed by atoms with E-state index in [0.717, 1.165) is 0 Å². The summed E-state index contributed by atoms with van der Waals surface area (Å²) in [6, 6.07) is 0. The lowest BCUT2D eigenvalue weighted by Gasteiger charge is -2.06. The van der Waals surface area contributed by atoms with Crippen molar-refractivity contribution in [1.29, 1.82) is 0 Å². The van der Waals surface area contributed by atoms with Crippen molar-refractivity contribution < 1.29 is 17.9 Å². The van der Waals surface area contributed by atoms with Crippen molar-refractivity contribution in [1.82, 2.24) is 9.78 Å². The van der Waals surface area contributed by atoms with E-state index in [-0.39, 0.29) is 24.7 Å². The van der Waals surface area contributed by atoms with E-state index in [4.69, 9.17) is 10.5 Å². The van der Waals surface area contributed by atoms with Crippen LogP contribution in [0.5, 0.6) is 0 Å². The predicted octanol–water partition coefficient (Wildman–Crippen LogP) is 0.0600. The van der Waals surface area contributed by atoms with Crippen molar-refractivity contribution in [3.05, 3.63) is 11.4 Å². The number of hydrogen-bond acceptors (Lipinski definition) is 6. The standard InChI is InChI=1S/C11H19N3O4S/c1-4-19(16,17)6-5-18-10(15)7-14-9(3)11(12)8(2)13-14/h4-7,12H2,1-3H3. The number of nitrogens with two attached hydrogens (primary N) is 1. The molecule has 0 radical (unpaired) electrons. The molecule has 0 fully saturated rings. The normalized spacial score (nSPS) is 11.5. The number of aryl methyl sites for hydroxylation is 1. The van der Waals surface area contributed by atoms with Gasteiger partial charge in [0.1, 0.15) is 13.2 Å². The number of aromatic nitrogens is 2. The van der Waals surface area contributed by atoms with Gasteiger partial charge in [-0.05, 0) is 13.8 Å². The summed E-state index contributed by atoms with van der Waals surface area (Å²) in [6.45, 7) is 4.85. The first-order chi connectivity index (χ1) is 8.76. The largest absolute Gasteiger partial charge is 0.463 e. The Morgan fingerprint density at radius 3 is 2.53 bits per heavy atom. The van der Waals surface area contributed by atoms with Crippen LogP contribution in [0.3, 0.4) is 0 Å². The summed E-state index contributed by atoms with van der Waals surface area (Å²) in [4.78, 5) is 11.5. The highest BCUT2D eigenvalue weighted by molar-refractivity contribution is 7.91. The third-order valence-electron chi connectivity index (χ3n) is 2.81. The lowest BCUT2D eigenvalue weighted by molar-refractivity contribution is -0.143. The Hall–Kier alpha value is -1.57. The van der Waals surface area contributed by atoms with Crippen molar-refractivity contribution in [2.75, 3.05) is 23.8 Å². The first-order valence-electron chi connectivity index (χ1n) is 5.92. The van der Waals surface area contributed by atoms with Crippen LogP contribution in [0.2, 0.25) is 0 Å². The number of nitrogen functional groups attached to an aromatic ring is 1. The Bertz CT molecular complexity index is 563. The van der Waals surface area contributed by atoms with Gasteiger partial charge in [0.25, 0.3) is 0 Å². The zero-order chi connectivity index (χ0) is 14.6. The number of ether oxygens (including phenoxy) is 1. The number of anilines is 1. The van der Waals surface area contributed by atoms with Crippen LogP contribution in [0.1, 0.15) is 18.3 Å². The molecule has 0 bridgehead atoms. The maximum Gasteiger partial charge on any atom is 0.327 e. The van der Waals surface area contributed by atoms with E-state index in [1.165, 1.54) is 4.68 Å². The molecule has 0 aliphatic heterocycles. The highest BCUT2D eigenvalue weighted by Crippen LogP contribution is 2.14. The molecule has 1 aromatic rings. The van der Waals surface area contributed by atoms with E-state index < -0.39 is 15.8 Å². The zero-order valence-corrected chi connectivity index (χ0v) is 12.2. The lowest BCUT2D eigenvalue weighted by Crippen LogP contribution is -2.20. The fraction of sp³-hybridized carbons (Fsp3) is 0.636. The first kappa shape index (κ1) is 15.5. The van der Waals surface area contributed by atoms with Crippen LogP contribution < -0.4 is 5.73 Å². The molecule has 108 valence electrons. The Morgan fingerprint density at radius 2 is 2.05 bits per heavy atom. The average molecular weight is 289 g/mol. The molecule has 1 heterocycles. The molecule has 0 saturated carbocycles. The second kappa shape index (κ2) is 6.05. The molecule has 0 unspecified atom stereocenters. The van der Waals surface area contributed by atoms with Crippen LogP contribution in [0, 0.1) is 13.8 Å². The summed E-state index contributed by atoms with van der Waals surface area (Å²) in [6.07, 6.45) is 0. The quantitative estimate of drug-likeness (QED) is 0.743. The summed E-state index contributed by atoms with van der Waals surface area (Å²) in [5.41, 5.74) is 7.62. The van der Waals surface area contributed by atoms with Crippen molar-refractivity contribution in [3.63, 3.8) is 0 Å². The maximum absolute atomic E-state index is 11.5. The molecule has 1 rings (SSSR count). The van der Waals surface area contributed by atoms with Crippen LogP contribution in [-0.4, -0.2) is 42.3 Å². The van der Waals surface area contributed by atoms with E-state index in [1.807, 2.05) is 0 Å². The van der Waals surface area contributed by atoms with Crippen molar-refractivity contribution in [3.8, 4) is 0 Å². The SMILES string of the molecule is CCS(=O)(=O)CCOC(=O)Cn1nc(C)c(N)c1C. The Labute approximate surface area is 112 Å². The summed E-state index contributed by atoms with van der Waals surface area (Å²) in [7, 11) is -3.12. The van der Waals surface area contributed by atoms with Crippen LogP contribution in [-0.2, 0) is 25.9 Å². The minimum atomic E-state index is -3.12. The number of sulfone groups is 1. The smallest absolute Gasteiger partial charge is 0.327 e. The topological polar surface area (TPSA) is 104 Å². The fourth-order valence-electron chi connectivity index (χ4n) is 1.46. The van der Waals surface area contributed by atoms with Gasteiger partial charge in [0.05, 0.1) is 22.8 Å². The van der Waals surface area contributed by atoms with E-state index in [0.29, 0.717) is 17.1 Å². The fourth-order valence-corrected chi connectivity index (χ4v) is 2.09. The number of nitrogens with zero attached hydrogens (tertiary/aromatic N) is 2. The molecule has 0 aliphatic rings. The van der Waals surface area contributed by atoms with Crippen molar-refractivity contribution in [2.45, 2.75) is 27.3 Å². The van der Waals surface area contributed by atoms with E-state index >= 15 is 0 Å². The number of hydrogen-bond donors (Lipinski definition) is 1. The second-order valence-corrected chi connectivity index (χ2v) is 6.67. The first-order valence-corrected chi connectivity index (χ1v) is 7.74. The van der Waals surface area contributed by atoms with Gasteiger partial charge in [-0.1, -0.05) is 6.92 Å². The summed E-state index contributed by atoms with van der Waals surface area (Å²) < 4.78 is 28.7. The minimum Gasteiger partial charge on any atom is -0.463 e. The van der Waals surface area contributed by atoms with Crippen molar-refractivity contribution >= 4 is 21.5 Å². The predicted molar refractivity (Wildman–Crippen MR) is 71.4 cm³/mol. The van der Waals surface area contributed by atoms with Gasteiger partial charge in [-0.25, -0.2) is 8.42 Å². The molecular weight excluding hydrogens is 270 g/mol. The Balaban J connectivity index is 2.50. The molecule has 0 aliphatic carbocycles. The van der Waals surface area contributed by atoms with E-state index in [9.17, 15) is 13.2 Å². The molecule has 8 heteroatoms. The summed E-state index contributed by atoms with van der Waals surface area (Å²) >= 11 is 0. The molecule has 0 aromatic carbocycles. The maximum atomic E-state index is 11.5. The molecule has 0 spiro atoms. The van der Waals surface area contributed by atoms with E-state index in [2.05, 4.69) is 5.10 Å². The molecule has 0 amide bonds. The Kier molecular flexibility index (Phi) is 4.93. The third kappa shape index (κ3) is 4.23. The average Bonchev–Trinajstić information content (AvgIpc) is 2.57. The zero-order valence-electron chi connectivity index (χ0n) is 11.3. The number of carbonyl (C=O) groups is 1. The summed E-state index contributed by atoms with van der Waals surface area (Å²) in [5, 5.41) is 4.10. The van der Waals surface area contributed by atoms with E-state index in [1.54, 1.807) is 20.8 Å². The molecular formula is C11H19N3O4S. The van der Waals surface area contributed by atoms with Gasteiger partial charge in [-0.2, -0.15) is 5.10 Å². The molecule has 2 N–H and O–H groups in total. The minimum absolute atomic E-state index is 0.0402. The number of rotatable bonds is 6. The Morgan fingerprint density at radius 1 is 1.42 bits per heavy atom. The summed E-state index contributed by atoms with van der Waals surface area (Å²) in [5.74, 6) is -0.649. The van der Waals surface area contributed by atoms with Gasteiger partial charge in [0.15, 0.2) is 9.84 Å². The second-order valence-electron chi connectivity index (χ2n) is 4.20. The molecule has 19 heavy (non-hydrogen) atoms. The number of carbonyl (C=O) groups excluding carboxylic acids is 1. The monoisotopic (exact) mass is 289 g/mol. The third-order valence-corrected chi connectivity index (χ3v) is 4.48. The van der Waals surface area contributed by atoms with Gasteiger partial charge in [0.2, 0.25) is 0 Å². The van der Waals surface area contributed by atoms with Crippen LogP contribution in [0.4, 0.5) is 5.69 Å². The van der Waals surface area contributed by atoms with Gasteiger partial charge >= 0.3 is 5.97 Å². The number of esters is 1. The van der Waals surface area contributed by atoms with Gasteiger partial charge in [0, 0.05) is 5.75 Å². The lowest BCUT2D eigenvalue weighted by atomic mass is 10.3. The van der Waals surface area contributed by atoms with Gasteiger partial charge in [-0.15, -0.1) is 0 Å². The van der Waals surface area contributed by atoms with Crippen LogP contribution >= 0.6 is 0 Å². The van der Waals surface area contributed by atoms with Gasteiger partial charge in [-0.3, -0.25) is 9.48 Å². The molecule has 7 nitrogen and oxygen atoms in total. The molecule has 1 aromatic heterocycles. The molecule has 0 atom stereocenters.